The largest absolute Gasteiger partial charge is 0.368 e. The molecule has 2 rings (SSSR count). The number of primary amides is 1. The number of carbonyl (C=O) groups is 1. The van der Waals surface area contributed by atoms with E-state index in [1.54, 1.807) is 0 Å². The molecule has 0 saturated carbocycles. The zero-order valence-corrected chi connectivity index (χ0v) is 9.88. The molecule has 2 aromatic heterocycles. The molecule has 18 heavy (non-hydrogen) atoms. The fourth-order valence-electron chi connectivity index (χ4n) is 1.26. The highest BCUT2D eigenvalue weighted by Gasteiger charge is 2.16. The van der Waals surface area contributed by atoms with Gasteiger partial charge in [0.2, 0.25) is 5.91 Å². The van der Waals surface area contributed by atoms with Crippen molar-refractivity contribution in [2.75, 3.05) is 4.72 Å². The van der Waals surface area contributed by atoms with E-state index in [4.69, 9.17) is 5.73 Å². The molecule has 2 aromatic rings. The Balaban J connectivity index is 2.15. The summed E-state index contributed by atoms with van der Waals surface area (Å²) in [5, 5.41) is 9.74. The molecular weight excluding hydrogens is 260 g/mol. The Kier molecular flexibility index (Phi) is 3.02. The van der Waals surface area contributed by atoms with Crippen LogP contribution in [0.15, 0.2) is 29.7 Å². The van der Waals surface area contributed by atoms with Crippen molar-refractivity contribution in [1.82, 2.24) is 20.0 Å². The number of nitrogens with zero attached hydrogens (tertiary/aromatic N) is 3. The van der Waals surface area contributed by atoms with Crippen molar-refractivity contribution in [3.63, 3.8) is 0 Å². The van der Waals surface area contributed by atoms with Crippen LogP contribution in [-0.2, 0) is 21.4 Å². The Hall–Kier alpha value is -2.36. The van der Waals surface area contributed by atoms with Gasteiger partial charge in [-0.3, -0.25) is 19.3 Å². The van der Waals surface area contributed by atoms with Crippen LogP contribution in [0.2, 0.25) is 0 Å². The van der Waals surface area contributed by atoms with Gasteiger partial charge >= 0.3 is 0 Å². The van der Waals surface area contributed by atoms with Crippen molar-refractivity contribution < 1.29 is 13.2 Å². The molecule has 4 N–H and O–H groups in total. The molecule has 0 atom stereocenters. The van der Waals surface area contributed by atoms with Gasteiger partial charge in [0.25, 0.3) is 10.0 Å². The summed E-state index contributed by atoms with van der Waals surface area (Å²) in [6.45, 7) is -0.118. The van der Waals surface area contributed by atoms with E-state index in [-0.39, 0.29) is 17.1 Å². The maximum absolute atomic E-state index is 11.8. The highest BCUT2D eigenvalue weighted by Crippen LogP contribution is 2.13. The van der Waals surface area contributed by atoms with Crippen molar-refractivity contribution in [2.24, 2.45) is 5.73 Å². The minimum absolute atomic E-state index is 0.00477. The first kappa shape index (κ1) is 12.1. The van der Waals surface area contributed by atoms with E-state index in [9.17, 15) is 13.2 Å². The van der Waals surface area contributed by atoms with Gasteiger partial charge in [0.05, 0.1) is 18.1 Å². The first-order valence-electron chi connectivity index (χ1n) is 4.80. The number of H-pyrrole nitrogens is 1. The Morgan fingerprint density at radius 2 is 2.28 bits per heavy atom. The molecule has 0 aromatic carbocycles. The van der Waals surface area contributed by atoms with Crippen LogP contribution in [0, 0.1) is 0 Å². The maximum Gasteiger partial charge on any atom is 0.265 e. The number of hydrogen-bond acceptors (Lipinski definition) is 5. The summed E-state index contributed by atoms with van der Waals surface area (Å²) < 4.78 is 27.1. The molecule has 10 heteroatoms. The van der Waals surface area contributed by atoms with Gasteiger partial charge in [-0.2, -0.15) is 10.2 Å². The van der Waals surface area contributed by atoms with Crippen LogP contribution in [0.25, 0.3) is 0 Å². The van der Waals surface area contributed by atoms with E-state index in [0.29, 0.717) is 0 Å². The monoisotopic (exact) mass is 270 g/mol. The molecule has 96 valence electrons. The van der Waals surface area contributed by atoms with Crippen LogP contribution in [0.4, 0.5) is 5.69 Å². The number of aromatic nitrogens is 4. The topological polar surface area (TPSA) is 136 Å². The first-order chi connectivity index (χ1) is 8.47. The summed E-state index contributed by atoms with van der Waals surface area (Å²) in [6.07, 6.45) is 5.06. The standard InChI is InChI=1S/C8H10N6O3S/c9-8(15)5-14-4-6(1-12-14)13-18(16,17)7-2-10-11-3-7/h1-4,13H,5H2,(H2,9,15)(H,10,11). The molecule has 0 unspecified atom stereocenters. The molecule has 2 heterocycles. The molecular formula is C8H10N6O3S. The third kappa shape index (κ3) is 2.66. The molecule has 1 amide bonds. The Morgan fingerprint density at radius 3 is 2.89 bits per heavy atom. The van der Waals surface area contributed by atoms with Crippen molar-refractivity contribution in [2.45, 2.75) is 11.4 Å². The third-order valence-corrected chi connectivity index (χ3v) is 3.34. The van der Waals surface area contributed by atoms with Crippen molar-refractivity contribution in [1.29, 1.82) is 0 Å². The number of nitrogens with two attached hydrogens (primary N) is 1. The Morgan fingerprint density at radius 1 is 1.50 bits per heavy atom. The smallest absolute Gasteiger partial charge is 0.265 e. The van der Waals surface area contributed by atoms with Crippen molar-refractivity contribution >= 4 is 21.6 Å². The molecule has 0 saturated heterocycles. The molecule has 9 nitrogen and oxygen atoms in total. The molecule has 0 fully saturated rings. The molecule has 0 bridgehead atoms. The average Bonchev–Trinajstić information content (AvgIpc) is 2.87. The number of rotatable bonds is 5. The van der Waals surface area contributed by atoms with E-state index >= 15 is 0 Å². The van der Waals surface area contributed by atoms with Crippen LogP contribution in [0.3, 0.4) is 0 Å². The van der Waals surface area contributed by atoms with E-state index < -0.39 is 15.9 Å². The lowest BCUT2D eigenvalue weighted by Gasteiger charge is -2.02. The number of amides is 1. The van der Waals surface area contributed by atoms with Crippen molar-refractivity contribution in [3.05, 3.63) is 24.8 Å². The minimum atomic E-state index is -3.70. The summed E-state index contributed by atoms with van der Waals surface area (Å²) >= 11 is 0. The molecule has 0 radical (unpaired) electrons. The Bertz CT molecular complexity index is 644. The van der Waals surface area contributed by atoms with E-state index in [1.807, 2.05) is 0 Å². The minimum Gasteiger partial charge on any atom is -0.368 e. The fourth-order valence-corrected chi connectivity index (χ4v) is 2.20. The molecule has 0 spiro atoms. The summed E-state index contributed by atoms with van der Waals surface area (Å²) in [6, 6.07) is 0. The van der Waals surface area contributed by atoms with E-state index in [0.717, 1.165) is 0 Å². The second-order valence-corrected chi connectivity index (χ2v) is 5.11. The van der Waals surface area contributed by atoms with Crippen LogP contribution >= 0.6 is 0 Å². The maximum atomic E-state index is 11.8. The highest BCUT2D eigenvalue weighted by molar-refractivity contribution is 7.92. The van der Waals surface area contributed by atoms with Crippen LogP contribution in [-0.4, -0.2) is 34.3 Å². The quantitative estimate of drug-likeness (QED) is 0.633. The number of sulfonamides is 1. The van der Waals surface area contributed by atoms with Crippen LogP contribution in [0.5, 0.6) is 0 Å². The SMILES string of the molecule is NC(=O)Cn1cc(NS(=O)(=O)c2cn[nH]c2)cn1. The third-order valence-electron chi connectivity index (χ3n) is 1.99. The second-order valence-electron chi connectivity index (χ2n) is 3.43. The number of hydrogen-bond donors (Lipinski definition) is 3. The lowest BCUT2D eigenvalue weighted by atomic mass is 10.6. The Labute approximate surface area is 102 Å². The zero-order chi connectivity index (χ0) is 13.2. The van der Waals surface area contributed by atoms with Crippen LogP contribution < -0.4 is 10.5 Å². The lowest BCUT2D eigenvalue weighted by Crippen LogP contribution is -2.18. The second kappa shape index (κ2) is 4.49. The van der Waals surface area contributed by atoms with Crippen LogP contribution in [0.1, 0.15) is 0 Å². The van der Waals surface area contributed by atoms with Gasteiger partial charge in [-0.05, 0) is 0 Å². The van der Waals surface area contributed by atoms with E-state index in [1.165, 1.54) is 29.5 Å². The van der Waals surface area contributed by atoms with Gasteiger partial charge in [-0.1, -0.05) is 0 Å². The predicted molar refractivity (Wildman–Crippen MR) is 60.8 cm³/mol. The lowest BCUT2D eigenvalue weighted by molar-refractivity contribution is -0.118. The van der Waals surface area contributed by atoms with Crippen molar-refractivity contribution in [3.8, 4) is 0 Å². The highest BCUT2D eigenvalue weighted by atomic mass is 32.2. The van der Waals surface area contributed by atoms with Gasteiger partial charge in [0.1, 0.15) is 11.4 Å². The number of anilines is 1. The van der Waals surface area contributed by atoms with Gasteiger partial charge in [-0.25, -0.2) is 8.42 Å². The molecule has 0 aliphatic carbocycles. The number of nitrogens with one attached hydrogen (secondary N) is 2. The summed E-state index contributed by atoms with van der Waals surface area (Å²) in [4.78, 5) is 10.7. The van der Waals surface area contributed by atoms with Gasteiger partial charge < -0.3 is 5.73 Å². The fraction of sp³-hybridized carbons (Fsp3) is 0.125. The zero-order valence-electron chi connectivity index (χ0n) is 9.07. The summed E-state index contributed by atoms with van der Waals surface area (Å²) in [7, 11) is -3.70. The molecule has 0 aliphatic heterocycles. The van der Waals surface area contributed by atoms with Gasteiger partial charge in [0, 0.05) is 12.4 Å². The predicted octanol–water partition coefficient (Wildman–Crippen LogP) is -1.11. The van der Waals surface area contributed by atoms with E-state index in [2.05, 4.69) is 20.0 Å². The summed E-state index contributed by atoms with van der Waals surface area (Å²) in [5.41, 5.74) is 5.22. The van der Waals surface area contributed by atoms with Gasteiger partial charge in [-0.15, -0.1) is 0 Å². The number of aromatic amines is 1. The van der Waals surface area contributed by atoms with Gasteiger partial charge in [0.15, 0.2) is 0 Å². The average molecular weight is 270 g/mol. The number of carbonyl (C=O) groups excluding carboxylic acids is 1. The normalized spacial score (nSPS) is 11.3. The first-order valence-corrected chi connectivity index (χ1v) is 6.28. The summed E-state index contributed by atoms with van der Waals surface area (Å²) in [5.74, 6) is -0.567. The molecule has 0 aliphatic rings.